The van der Waals surface area contributed by atoms with Crippen LogP contribution in [-0.4, -0.2) is 22.2 Å². The van der Waals surface area contributed by atoms with E-state index in [1.165, 1.54) is 24.3 Å². The monoisotopic (exact) mass is 405 g/mol. The highest BCUT2D eigenvalue weighted by molar-refractivity contribution is 6.35. The molecule has 0 spiro atoms. The Kier molecular flexibility index (Phi) is 4.35. The predicted octanol–water partition coefficient (Wildman–Crippen LogP) is 5.52. The van der Waals surface area contributed by atoms with Gasteiger partial charge in [0.1, 0.15) is 17.3 Å². The number of anilines is 1. The van der Waals surface area contributed by atoms with Gasteiger partial charge >= 0.3 is 6.36 Å². The van der Waals surface area contributed by atoms with Gasteiger partial charge in [0.2, 0.25) is 0 Å². The number of carbonyl (C=O) groups excluding carboxylic acids is 1. The van der Waals surface area contributed by atoms with Crippen LogP contribution in [0.4, 0.5) is 19.0 Å². The first-order valence-corrected chi connectivity index (χ1v) is 8.41. The van der Waals surface area contributed by atoms with Crippen LogP contribution in [0.5, 0.6) is 5.75 Å². The average molecular weight is 406 g/mol. The number of hydrogen-bond donors (Lipinski definition) is 2. The normalized spacial score (nSPS) is 11.7. The highest BCUT2D eigenvalue weighted by Gasteiger charge is 2.31. The van der Waals surface area contributed by atoms with E-state index < -0.39 is 12.3 Å². The second-order valence-corrected chi connectivity index (χ2v) is 6.35. The Bertz CT molecular complexity index is 1200. The molecule has 28 heavy (non-hydrogen) atoms. The van der Waals surface area contributed by atoms with Gasteiger partial charge in [0.05, 0.1) is 10.5 Å². The number of aromatic amines is 1. The molecule has 0 radical (unpaired) electrons. The minimum absolute atomic E-state index is 0.167. The zero-order chi connectivity index (χ0) is 19.9. The van der Waals surface area contributed by atoms with Crippen LogP contribution in [0.15, 0.2) is 54.6 Å². The first kappa shape index (κ1) is 18.1. The number of para-hydroxylation sites is 1. The standard InChI is InChI=1S/C19H11ClF3N3O2/c20-13-3-1-2-10-4-7-16(25-17(10)13)26-18(27)15-9-11-8-12(28-19(21,22)23)5-6-14(11)24-15/h1-9,24H,(H,25,26,27). The molecule has 2 aromatic carbocycles. The first-order chi connectivity index (χ1) is 13.3. The molecule has 1 amide bonds. The summed E-state index contributed by atoms with van der Waals surface area (Å²) in [4.78, 5) is 19.7. The Hall–Kier alpha value is -3.26. The van der Waals surface area contributed by atoms with Gasteiger partial charge in [0.25, 0.3) is 5.91 Å². The highest BCUT2D eigenvalue weighted by atomic mass is 35.5. The summed E-state index contributed by atoms with van der Waals surface area (Å²) in [6.45, 7) is 0. The second-order valence-electron chi connectivity index (χ2n) is 5.94. The van der Waals surface area contributed by atoms with Crippen LogP contribution in [-0.2, 0) is 0 Å². The van der Waals surface area contributed by atoms with E-state index in [1.54, 1.807) is 24.3 Å². The first-order valence-electron chi connectivity index (χ1n) is 8.04. The van der Waals surface area contributed by atoms with E-state index in [2.05, 4.69) is 20.0 Å². The number of carbonyl (C=O) groups is 1. The number of pyridine rings is 1. The molecule has 2 heterocycles. The number of halogens is 4. The largest absolute Gasteiger partial charge is 0.573 e. The van der Waals surface area contributed by atoms with Crippen molar-refractivity contribution in [2.45, 2.75) is 6.36 Å². The maximum atomic E-state index is 12.5. The van der Waals surface area contributed by atoms with Crippen LogP contribution in [0.1, 0.15) is 10.5 Å². The summed E-state index contributed by atoms with van der Waals surface area (Å²) in [5.74, 6) is -0.560. The lowest BCUT2D eigenvalue weighted by atomic mass is 10.2. The third kappa shape index (κ3) is 3.72. The van der Waals surface area contributed by atoms with Crippen LogP contribution >= 0.6 is 11.6 Å². The Balaban J connectivity index is 1.59. The van der Waals surface area contributed by atoms with E-state index in [9.17, 15) is 18.0 Å². The van der Waals surface area contributed by atoms with E-state index in [1.807, 2.05) is 6.07 Å². The number of amides is 1. The molecule has 0 atom stereocenters. The smallest absolute Gasteiger partial charge is 0.406 e. The predicted molar refractivity (Wildman–Crippen MR) is 99.7 cm³/mol. The number of benzene rings is 2. The number of alkyl halides is 3. The van der Waals surface area contributed by atoms with Crippen LogP contribution in [0, 0.1) is 0 Å². The van der Waals surface area contributed by atoms with Crippen molar-refractivity contribution in [1.82, 2.24) is 9.97 Å². The van der Waals surface area contributed by atoms with Gasteiger partial charge in [-0.1, -0.05) is 23.7 Å². The van der Waals surface area contributed by atoms with Gasteiger partial charge in [0.15, 0.2) is 0 Å². The number of aromatic nitrogens is 2. The second kappa shape index (κ2) is 6.72. The molecule has 2 N–H and O–H groups in total. The van der Waals surface area contributed by atoms with E-state index in [0.717, 1.165) is 5.39 Å². The zero-order valence-corrected chi connectivity index (χ0v) is 14.7. The molecule has 142 valence electrons. The maximum Gasteiger partial charge on any atom is 0.573 e. The number of nitrogens with zero attached hydrogens (tertiary/aromatic N) is 1. The number of hydrogen-bond acceptors (Lipinski definition) is 3. The molecule has 2 aromatic heterocycles. The van der Waals surface area contributed by atoms with E-state index in [-0.39, 0.29) is 11.4 Å². The number of H-pyrrole nitrogens is 1. The molecule has 0 aliphatic carbocycles. The lowest BCUT2D eigenvalue weighted by Crippen LogP contribution is -2.16. The molecule has 9 heteroatoms. The summed E-state index contributed by atoms with van der Waals surface area (Å²) in [6.07, 6.45) is -4.78. The van der Waals surface area contributed by atoms with E-state index in [0.29, 0.717) is 27.3 Å². The van der Waals surface area contributed by atoms with Gasteiger partial charge in [-0.25, -0.2) is 4.98 Å². The molecule has 0 bridgehead atoms. The van der Waals surface area contributed by atoms with Gasteiger partial charge < -0.3 is 15.0 Å². The van der Waals surface area contributed by atoms with Crippen molar-refractivity contribution >= 4 is 45.1 Å². The summed E-state index contributed by atoms with van der Waals surface area (Å²) in [6, 6.07) is 13.9. The van der Waals surface area contributed by atoms with Gasteiger partial charge in [0, 0.05) is 16.3 Å². The highest BCUT2D eigenvalue weighted by Crippen LogP contribution is 2.27. The Morgan fingerprint density at radius 2 is 1.89 bits per heavy atom. The van der Waals surface area contributed by atoms with Crippen molar-refractivity contribution in [2.75, 3.05) is 5.32 Å². The number of ether oxygens (including phenoxy) is 1. The fourth-order valence-electron chi connectivity index (χ4n) is 2.79. The molecule has 4 aromatic rings. The molecule has 0 unspecified atom stereocenters. The van der Waals surface area contributed by atoms with Crippen LogP contribution in [0.25, 0.3) is 21.8 Å². The van der Waals surface area contributed by atoms with Crippen molar-refractivity contribution in [1.29, 1.82) is 0 Å². The topological polar surface area (TPSA) is 67.0 Å². The Morgan fingerprint density at radius 3 is 2.68 bits per heavy atom. The fourth-order valence-corrected chi connectivity index (χ4v) is 3.02. The van der Waals surface area contributed by atoms with Crippen LogP contribution in [0.2, 0.25) is 5.02 Å². The van der Waals surface area contributed by atoms with E-state index >= 15 is 0 Å². The lowest BCUT2D eigenvalue weighted by molar-refractivity contribution is -0.274. The van der Waals surface area contributed by atoms with Crippen molar-refractivity contribution in [2.24, 2.45) is 0 Å². The average Bonchev–Trinajstić information content (AvgIpc) is 3.04. The molecule has 5 nitrogen and oxygen atoms in total. The summed E-state index contributed by atoms with van der Waals surface area (Å²) in [7, 11) is 0. The minimum Gasteiger partial charge on any atom is -0.406 e. The molecule has 0 aliphatic heterocycles. The third-order valence-corrected chi connectivity index (χ3v) is 4.29. The minimum atomic E-state index is -4.78. The molecule has 0 saturated heterocycles. The third-order valence-electron chi connectivity index (χ3n) is 3.98. The van der Waals surface area contributed by atoms with Crippen molar-refractivity contribution < 1.29 is 22.7 Å². The summed E-state index contributed by atoms with van der Waals surface area (Å²) in [5.41, 5.74) is 1.21. The maximum absolute atomic E-state index is 12.5. The molecule has 4 rings (SSSR count). The Labute approximate surface area is 161 Å². The summed E-state index contributed by atoms with van der Waals surface area (Å²) < 4.78 is 40.9. The van der Waals surface area contributed by atoms with Crippen molar-refractivity contribution in [3.8, 4) is 5.75 Å². The SMILES string of the molecule is O=C(Nc1ccc2cccc(Cl)c2n1)c1cc2cc(OC(F)(F)F)ccc2[nH]1. The Morgan fingerprint density at radius 1 is 1.07 bits per heavy atom. The molecular weight excluding hydrogens is 395 g/mol. The van der Waals surface area contributed by atoms with E-state index in [4.69, 9.17) is 11.6 Å². The summed E-state index contributed by atoms with van der Waals surface area (Å²) in [5, 5.41) is 4.33. The lowest BCUT2D eigenvalue weighted by Gasteiger charge is -2.08. The van der Waals surface area contributed by atoms with Crippen molar-refractivity contribution in [3.63, 3.8) is 0 Å². The molecule has 0 aliphatic rings. The summed E-state index contributed by atoms with van der Waals surface area (Å²) >= 11 is 6.12. The number of fused-ring (bicyclic) bond motifs is 2. The van der Waals surface area contributed by atoms with Gasteiger partial charge in [-0.05, 0) is 42.5 Å². The molecule has 0 saturated carbocycles. The van der Waals surface area contributed by atoms with Gasteiger partial charge in [-0.2, -0.15) is 0 Å². The molecular formula is C19H11ClF3N3O2. The number of nitrogens with one attached hydrogen (secondary N) is 2. The zero-order valence-electron chi connectivity index (χ0n) is 14.0. The van der Waals surface area contributed by atoms with Crippen LogP contribution in [0.3, 0.4) is 0 Å². The van der Waals surface area contributed by atoms with Gasteiger partial charge in [-0.3, -0.25) is 4.79 Å². The quantitative estimate of drug-likeness (QED) is 0.471. The number of rotatable bonds is 3. The molecule has 0 fully saturated rings. The van der Waals surface area contributed by atoms with Crippen molar-refractivity contribution in [3.05, 3.63) is 65.3 Å². The van der Waals surface area contributed by atoms with Gasteiger partial charge in [-0.15, -0.1) is 13.2 Å². The fraction of sp³-hybridized carbons (Fsp3) is 0.0526. The van der Waals surface area contributed by atoms with Crippen LogP contribution < -0.4 is 10.1 Å².